The minimum atomic E-state index is 0.0437. The van der Waals surface area contributed by atoms with Gasteiger partial charge in [-0.15, -0.1) is 0 Å². The van der Waals surface area contributed by atoms with Gasteiger partial charge in [-0.2, -0.15) is 0 Å². The Balaban J connectivity index is 2.06. The fourth-order valence-electron chi connectivity index (χ4n) is 3.57. The quantitative estimate of drug-likeness (QED) is 0.734. The van der Waals surface area contributed by atoms with Crippen molar-refractivity contribution in [1.82, 2.24) is 4.90 Å². The summed E-state index contributed by atoms with van der Waals surface area (Å²) in [5, 5.41) is 0. The van der Waals surface area contributed by atoms with Crippen LogP contribution in [0.2, 0.25) is 0 Å². The average Bonchev–Trinajstić information content (AvgIpc) is 2.68. The summed E-state index contributed by atoms with van der Waals surface area (Å²) in [6, 6.07) is 15.2. The lowest BCUT2D eigenvalue weighted by Crippen LogP contribution is -2.17. The van der Waals surface area contributed by atoms with E-state index in [1.807, 2.05) is 0 Å². The highest BCUT2D eigenvalue weighted by Gasteiger charge is 2.26. The summed E-state index contributed by atoms with van der Waals surface area (Å²) < 4.78 is 6.46. The maximum atomic E-state index is 6.46. The van der Waals surface area contributed by atoms with E-state index in [1.54, 1.807) is 0 Å². The molecule has 0 saturated heterocycles. The molecule has 0 atom stereocenters. The lowest BCUT2D eigenvalue weighted by atomic mass is 9.85. The summed E-state index contributed by atoms with van der Waals surface area (Å²) in [6.45, 7) is 9.61. The Morgan fingerprint density at radius 2 is 1.65 bits per heavy atom. The standard InChI is InChI=1S/C23H30N2O/c1-16-21(17-11-13-19(14-12-17)24(5)6)25(7)15-18-9-8-10-20(22(18)26-16)23(2,3)4/h8-14H,15H2,1-7H3. The van der Waals surface area contributed by atoms with Gasteiger partial charge in [-0.25, -0.2) is 0 Å². The number of benzene rings is 2. The number of anilines is 1. The molecule has 0 radical (unpaired) electrons. The minimum absolute atomic E-state index is 0.0437. The molecule has 0 spiro atoms. The fourth-order valence-corrected chi connectivity index (χ4v) is 3.57. The molecular weight excluding hydrogens is 320 g/mol. The molecule has 0 amide bonds. The molecule has 1 heterocycles. The largest absolute Gasteiger partial charge is 0.459 e. The van der Waals surface area contributed by atoms with Crippen molar-refractivity contribution in [3.63, 3.8) is 0 Å². The van der Waals surface area contributed by atoms with Crippen molar-refractivity contribution in [2.45, 2.75) is 39.7 Å². The molecule has 0 bridgehead atoms. The molecule has 2 aromatic carbocycles. The number of ether oxygens (including phenoxy) is 1. The predicted octanol–water partition coefficient (Wildman–Crippen LogP) is 5.26. The van der Waals surface area contributed by atoms with Gasteiger partial charge in [0.25, 0.3) is 0 Å². The summed E-state index contributed by atoms with van der Waals surface area (Å²) in [5.41, 5.74) is 6.06. The molecule has 1 aliphatic rings. The summed E-state index contributed by atoms with van der Waals surface area (Å²) >= 11 is 0. The van der Waals surface area contributed by atoms with Crippen LogP contribution in [0.25, 0.3) is 5.70 Å². The second-order valence-electron chi connectivity index (χ2n) is 8.35. The third kappa shape index (κ3) is 3.44. The molecule has 0 saturated carbocycles. The van der Waals surface area contributed by atoms with Gasteiger partial charge in [0.1, 0.15) is 11.5 Å². The summed E-state index contributed by atoms with van der Waals surface area (Å²) in [5.74, 6) is 1.96. The third-order valence-corrected chi connectivity index (χ3v) is 4.94. The van der Waals surface area contributed by atoms with E-state index >= 15 is 0 Å². The van der Waals surface area contributed by atoms with Crippen LogP contribution in [0, 0.1) is 0 Å². The normalized spacial score (nSPS) is 14.7. The van der Waals surface area contributed by atoms with Crippen LogP contribution in [0.15, 0.2) is 48.2 Å². The summed E-state index contributed by atoms with van der Waals surface area (Å²) in [7, 11) is 6.26. The molecule has 1 aliphatic heterocycles. The zero-order chi connectivity index (χ0) is 19.1. The molecule has 0 aliphatic carbocycles. The molecule has 138 valence electrons. The van der Waals surface area contributed by atoms with Crippen LogP contribution in [0.4, 0.5) is 5.69 Å². The average molecular weight is 351 g/mol. The first-order valence-electron chi connectivity index (χ1n) is 9.18. The van der Waals surface area contributed by atoms with Gasteiger partial charge in [0.2, 0.25) is 0 Å². The van der Waals surface area contributed by atoms with E-state index in [0.717, 1.165) is 23.8 Å². The van der Waals surface area contributed by atoms with E-state index in [0.29, 0.717) is 0 Å². The van der Waals surface area contributed by atoms with Gasteiger partial charge in [-0.3, -0.25) is 0 Å². The van der Waals surface area contributed by atoms with Gasteiger partial charge < -0.3 is 14.5 Å². The second-order valence-corrected chi connectivity index (χ2v) is 8.35. The maximum absolute atomic E-state index is 6.46. The molecule has 0 aromatic heterocycles. The second kappa shape index (κ2) is 6.71. The predicted molar refractivity (Wildman–Crippen MR) is 111 cm³/mol. The highest BCUT2D eigenvalue weighted by Crippen LogP contribution is 2.39. The molecule has 3 rings (SSSR count). The first-order valence-corrected chi connectivity index (χ1v) is 9.18. The number of rotatable bonds is 2. The number of para-hydroxylation sites is 1. The molecule has 0 fully saturated rings. The van der Waals surface area contributed by atoms with Crippen LogP contribution >= 0.6 is 0 Å². The molecule has 26 heavy (non-hydrogen) atoms. The molecule has 3 nitrogen and oxygen atoms in total. The van der Waals surface area contributed by atoms with Gasteiger partial charge in [-0.05, 0) is 24.5 Å². The zero-order valence-corrected chi connectivity index (χ0v) is 17.1. The van der Waals surface area contributed by atoms with E-state index in [2.05, 4.69) is 101 Å². The first kappa shape index (κ1) is 18.4. The highest BCUT2D eigenvalue weighted by atomic mass is 16.5. The third-order valence-electron chi connectivity index (χ3n) is 4.94. The van der Waals surface area contributed by atoms with Gasteiger partial charge in [0.05, 0.1) is 5.70 Å². The van der Waals surface area contributed by atoms with Crippen molar-refractivity contribution in [2.75, 3.05) is 26.0 Å². The Kier molecular flexibility index (Phi) is 4.74. The molecular formula is C23H30N2O. The van der Waals surface area contributed by atoms with Crippen molar-refractivity contribution in [1.29, 1.82) is 0 Å². The molecule has 0 N–H and O–H groups in total. The minimum Gasteiger partial charge on any atom is -0.459 e. The smallest absolute Gasteiger partial charge is 0.135 e. The van der Waals surface area contributed by atoms with Crippen LogP contribution in [0.5, 0.6) is 5.75 Å². The fraction of sp³-hybridized carbons (Fsp3) is 0.391. The van der Waals surface area contributed by atoms with Gasteiger partial charge in [0.15, 0.2) is 0 Å². The Morgan fingerprint density at radius 3 is 2.23 bits per heavy atom. The van der Waals surface area contributed by atoms with Crippen LogP contribution < -0.4 is 9.64 Å². The lowest BCUT2D eigenvalue weighted by molar-refractivity contribution is 0.409. The van der Waals surface area contributed by atoms with Crippen molar-refractivity contribution in [2.24, 2.45) is 0 Å². The van der Waals surface area contributed by atoms with Crippen LogP contribution in [0.3, 0.4) is 0 Å². The summed E-state index contributed by atoms with van der Waals surface area (Å²) in [4.78, 5) is 4.40. The van der Waals surface area contributed by atoms with E-state index in [9.17, 15) is 0 Å². The SMILES string of the molecule is CC1=C(c2ccc(N(C)C)cc2)N(C)Cc2cccc(C(C)(C)C)c2O1. The van der Waals surface area contributed by atoms with E-state index in [1.165, 1.54) is 22.4 Å². The van der Waals surface area contributed by atoms with Crippen molar-refractivity contribution in [3.05, 3.63) is 64.9 Å². The van der Waals surface area contributed by atoms with E-state index in [-0.39, 0.29) is 5.41 Å². The zero-order valence-electron chi connectivity index (χ0n) is 17.1. The molecule has 0 unspecified atom stereocenters. The number of hydrogen-bond acceptors (Lipinski definition) is 3. The Bertz CT molecular complexity index is 826. The topological polar surface area (TPSA) is 15.7 Å². The number of fused-ring (bicyclic) bond motifs is 1. The Labute approximate surface area is 157 Å². The van der Waals surface area contributed by atoms with Crippen LogP contribution in [-0.4, -0.2) is 26.0 Å². The van der Waals surface area contributed by atoms with Gasteiger partial charge in [0, 0.05) is 50.1 Å². The highest BCUT2D eigenvalue weighted by molar-refractivity contribution is 5.69. The Morgan fingerprint density at radius 1 is 1.00 bits per heavy atom. The van der Waals surface area contributed by atoms with Crippen molar-refractivity contribution >= 4 is 11.4 Å². The van der Waals surface area contributed by atoms with Crippen molar-refractivity contribution in [3.8, 4) is 5.75 Å². The monoisotopic (exact) mass is 350 g/mol. The maximum Gasteiger partial charge on any atom is 0.135 e. The lowest BCUT2D eigenvalue weighted by Gasteiger charge is -2.24. The van der Waals surface area contributed by atoms with Crippen LogP contribution in [-0.2, 0) is 12.0 Å². The van der Waals surface area contributed by atoms with E-state index < -0.39 is 0 Å². The number of nitrogens with zero attached hydrogens (tertiary/aromatic N) is 2. The van der Waals surface area contributed by atoms with Gasteiger partial charge in [-0.1, -0.05) is 51.1 Å². The number of allylic oxidation sites excluding steroid dienone is 1. The molecule has 2 aromatic rings. The summed E-state index contributed by atoms with van der Waals surface area (Å²) in [6.07, 6.45) is 0. The van der Waals surface area contributed by atoms with E-state index in [4.69, 9.17) is 4.74 Å². The molecule has 3 heteroatoms. The van der Waals surface area contributed by atoms with Crippen LogP contribution in [0.1, 0.15) is 44.4 Å². The number of hydrogen-bond donors (Lipinski definition) is 0. The van der Waals surface area contributed by atoms with Gasteiger partial charge >= 0.3 is 0 Å². The Hall–Kier alpha value is -2.42. The van der Waals surface area contributed by atoms with Crippen molar-refractivity contribution < 1.29 is 4.74 Å². The first-order chi connectivity index (χ1) is 12.2.